The Morgan fingerprint density at radius 1 is 1.14 bits per heavy atom. The van der Waals surface area contributed by atoms with Gasteiger partial charge in [0, 0.05) is 39.0 Å². The van der Waals surface area contributed by atoms with E-state index in [9.17, 15) is 0 Å². The molecule has 1 aromatic carbocycles. The lowest BCUT2D eigenvalue weighted by Crippen LogP contribution is -2.38. The van der Waals surface area contributed by atoms with E-state index in [4.69, 9.17) is 4.74 Å². The maximum atomic E-state index is 5.89. The minimum absolute atomic E-state index is 0. The Kier molecular flexibility index (Phi) is 11.8. The second-order valence-corrected chi connectivity index (χ2v) is 6.71. The van der Waals surface area contributed by atoms with Gasteiger partial charge in [0.05, 0.1) is 11.8 Å². The normalized spacial score (nSPS) is 12.4. The molecule has 0 aliphatic rings. The second-order valence-electron chi connectivity index (χ2n) is 6.71. The van der Waals surface area contributed by atoms with Crippen LogP contribution in [0.3, 0.4) is 0 Å². The van der Waals surface area contributed by atoms with Crippen molar-refractivity contribution in [3.63, 3.8) is 0 Å². The van der Waals surface area contributed by atoms with Crippen LogP contribution in [0.25, 0.3) is 0 Å². The van der Waals surface area contributed by atoms with Crippen LogP contribution < -0.4 is 10.6 Å². The maximum absolute atomic E-state index is 5.89. The van der Waals surface area contributed by atoms with E-state index in [1.165, 1.54) is 11.3 Å². The summed E-state index contributed by atoms with van der Waals surface area (Å²) >= 11 is 0. The van der Waals surface area contributed by atoms with Gasteiger partial charge in [-0.1, -0.05) is 30.3 Å². The number of aromatic nitrogens is 2. The van der Waals surface area contributed by atoms with Crippen LogP contribution in [-0.4, -0.2) is 42.5 Å². The number of guanidine groups is 1. The number of halogens is 1. The lowest BCUT2D eigenvalue weighted by atomic mass is 10.1. The molecule has 1 heterocycles. The summed E-state index contributed by atoms with van der Waals surface area (Å²) in [5.41, 5.74) is 3.49. The molecule has 156 valence electrons. The van der Waals surface area contributed by atoms with Gasteiger partial charge >= 0.3 is 0 Å². The van der Waals surface area contributed by atoms with Crippen LogP contribution in [0, 0.1) is 13.8 Å². The first kappa shape index (κ1) is 24.4. The largest absolute Gasteiger partial charge is 0.374 e. The van der Waals surface area contributed by atoms with E-state index in [-0.39, 0.29) is 30.1 Å². The van der Waals surface area contributed by atoms with Crippen LogP contribution in [0.1, 0.15) is 42.8 Å². The van der Waals surface area contributed by atoms with Crippen molar-refractivity contribution in [2.75, 3.05) is 26.7 Å². The standard InChI is InChI=1S/C21H33N5O.HI/c1-17-16-18(2)26(25-17)14-8-12-23-21(22-4)24-13-9-15-27-19(3)20-10-6-5-7-11-20;/h5-7,10-11,16,19H,8-9,12-15H2,1-4H3,(H2,22,23,24);1H. The zero-order valence-corrected chi connectivity index (χ0v) is 19.8. The monoisotopic (exact) mass is 499 g/mol. The Morgan fingerprint density at radius 2 is 1.82 bits per heavy atom. The summed E-state index contributed by atoms with van der Waals surface area (Å²) < 4.78 is 7.95. The first-order valence-electron chi connectivity index (χ1n) is 9.72. The van der Waals surface area contributed by atoms with E-state index < -0.39 is 0 Å². The summed E-state index contributed by atoms with van der Waals surface area (Å²) in [4.78, 5) is 4.27. The van der Waals surface area contributed by atoms with Gasteiger partial charge in [-0.2, -0.15) is 5.10 Å². The molecule has 0 aliphatic heterocycles. The highest BCUT2D eigenvalue weighted by atomic mass is 127. The molecule has 2 aromatic rings. The fourth-order valence-corrected chi connectivity index (χ4v) is 2.92. The first-order valence-corrected chi connectivity index (χ1v) is 9.72. The van der Waals surface area contributed by atoms with Crippen molar-refractivity contribution in [1.82, 2.24) is 20.4 Å². The predicted molar refractivity (Wildman–Crippen MR) is 127 cm³/mol. The molecule has 0 saturated carbocycles. The molecule has 6 nitrogen and oxygen atoms in total. The van der Waals surface area contributed by atoms with E-state index in [0.29, 0.717) is 0 Å². The average molecular weight is 499 g/mol. The maximum Gasteiger partial charge on any atom is 0.190 e. The molecule has 0 fully saturated rings. The predicted octanol–water partition coefficient (Wildman–Crippen LogP) is 3.84. The zero-order valence-electron chi connectivity index (χ0n) is 17.4. The summed E-state index contributed by atoms with van der Waals surface area (Å²) in [6, 6.07) is 12.4. The van der Waals surface area contributed by atoms with Crippen molar-refractivity contribution >= 4 is 29.9 Å². The van der Waals surface area contributed by atoms with Crippen LogP contribution in [0.2, 0.25) is 0 Å². The fraction of sp³-hybridized carbons (Fsp3) is 0.524. The number of aryl methyl sites for hydroxylation is 3. The van der Waals surface area contributed by atoms with Crippen molar-refractivity contribution in [3.05, 3.63) is 53.3 Å². The van der Waals surface area contributed by atoms with Gasteiger partial charge in [-0.15, -0.1) is 24.0 Å². The van der Waals surface area contributed by atoms with Crippen molar-refractivity contribution in [2.24, 2.45) is 4.99 Å². The van der Waals surface area contributed by atoms with Gasteiger partial charge in [0.1, 0.15) is 0 Å². The van der Waals surface area contributed by atoms with Crippen molar-refractivity contribution < 1.29 is 4.74 Å². The number of hydrogen-bond acceptors (Lipinski definition) is 3. The Labute approximate surface area is 186 Å². The van der Waals surface area contributed by atoms with Crippen LogP contribution in [0.4, 0.5) is 0 Å². The highest BCUT2D eigenvalue weighted by Crippen LogP contribution is 2.15. The molecule has 1 unspecified atom stereocenters. The van der Waals surface area contributed by atoms with Gasteiger partial charge in [0.15, 0.2) is 5.96 Å². The number of nitrogens with zero attached hydrogens (tertiary/aromatic N) is 3. The molecule has 0 spiro atoms. The van der Waals surface area contributed by atoms with Crippen molar-refractivity contribution in [1.29, 1.82) is 0 Å². The van der Waals surface area contributed by atoms with E-state index in [2.05, 4.69) is 57.5 Å². The first-order chi connectivity index (χ1) is 13.1. The topological polar surface area (TPSA) is 63.5 Å². The average Bonchev–Trinajstić information content (AvgIpc) is 3.00. The lowest BCUT2D eigenvalue weighted by Gasteiger charge is -2.15. The quantitative estimate of drug-likeness (QED) is 0.226. The zero-order chi connectivity index (χ0) is 19.5. The summed E-state index contributed by atoms with van der Waals surface area (Å²) in [7, 11) is 1.80. The van der Waals surface area contributed by atoms with E-state index >= 15 is 0 Å². The van der Waals surface area contributed by atoms with Gasteiger partial charge < -0.3 is 15.4 Å². The molecule has 0 amide bonds. The third-order valence-corrected chi connectivity index (χ3v) is 4.42. The molecule has 0 aliphatic carbocycles. The Balaban J connectivity index is 0.00000392. The highest BCUT2D eigenvalue weighted by Gasteiger charge is 2.05. The molecule has 0 radical (unpaired) electrons. The van der Waals surface area contributed by atoms with Crippen LogP contribution >= 0.6 is 24.0 Å². The van der Waals surface area contributed by atoms with Crippen LogP contribution in [0.5, 0.6) is 0 Å². The fourth-order valence-electron chi connectivity index (χ4n) is 2.92. The third-order valence-electron chi connectivity index (χ3n) is 4.42. The molecule has 1 atom stereocenters. The Bertz CT molecular complexity index is 702. The van der Waals surface area contributed by atoms with Crippen LogP contribution in [-0.2, 0) is 11.3 Å². The minimum atomic E-state index is 0. The number of aliphatic imine (C=N–C) groups is 1. The molecule has 0 bridgehead atoms. The van der Waals surface area contributed by atoms with Crippen molar-refractivity contribution in [2.45, 2.75) is 46.3 Å². The Hall–Kier alpha value is -1.61. The molecular weight excluding hydrogens is 465 g/mol. The lowest BCUT2D eigenvalue weighted by molar-refractivity contribution is 0.0646. The summed E-state index contributed by atoms with van der Waals surface area (Å²) in [6.07, 6.45) is 2.06. The molecule has 1 aromatic heterocycles. The summed E-state index contributed by atoms with van der Waals surface area (Å²) in [6.45, 7) is 9.53. The number of ether oxygens (including phenoxy) is 1. The van der Waals surface area contributed by atoms with Gasteiger partial charge in [0.25, 0.3) is 0 Å². The molecule has 2 N–H and O–H groups in total. The molecule has 7 heteroatoms. The van der Waals surface area contributed by atoms with Crippen LogP contribution in [0.15, 0.2) is 41.4 Å². The highest BCUT2D eigenvalue weighted by molar-refractivity contribution is 14.0. The van der Waals surface area contributed by atoms with E-state index in [0.717, 1.165) is 50.7 Å². The second kappa shape index (κ2) is 13.5. The summed E-state index contributed by atoms with van der Waals surface area (Å²) in [5.74, 6) is 0.833. The van der Waals surface area contributed by atoms with E-state index in [1.807, 2.05) is 25.1 Å². The van der Waals surface area contributed by atoms with Gasteiger partial charge in [-0.3, -0.25) is 9.67 Å². The van der Waals surface area contributed by atoms with Crippen molar-refractivity contribution in [3.8, 4) is 0 Å². The van der Waals surface area contributed by atoms with Gasteiger partial charge in [-0.25, -0.2) is 0 Å². The third kappa shape index (κ3) is 8.60. The smallest absolute Gasteiger partial charge is 0.190 e. The molecule has 28 heavy (non-hydrogen) atoms. The SMILES string of the molecule is CN=C(NCCCOC(C)c1ccccc1)NCCCn1nc(C)cc1C.I. The van der Waals surface area contributed by atoms with Gasteiger partial charge in [0.2, 0.25) is 0 Å². The van der Waals surface area contributed by atoms with Gasteiger partial charge in [-0.05, 0) is 45.2 Å². The number of hydrogen-bond donors (Lipinski definition) is 2. The molecule has 0 saturated heterocycles. The van der Waals surface area contributed by atoms with E-state index in [1.54, 1.807) is 7.05 Å². The minimum Gasteiger partial charge on any atom is -0.374 e. The molecular formula is C21H34IN5O. The Morgan fingerprint density at radius 3 is 2.43 bits per heavy atom. The summed E-state index contributed by atoms with van der Waals surface area (Å²) in [5, 5.41) is 11.2. The number of nitrogens with one attached hydrogen (secondary N) is 2. The number of rotatable bonds is 10. The number of benzene rings is 1. The molecule has 2 rings (SSSR count).